The molecule has 0 saturated carbocycles. The van der Waals surface area contributed by atoms with Gasteiger partial charge in [-0.1, -0.05) is 11.6 Å². The van der Waals surface area contributed by atoms with Gasteiger partial charge in [-0.25, -0.2) is 4.98 Å². The molecule has 1 aromatic carbocycles. The maximum absolute atomic E-state index is 12.7. The van der Waals surface area contributed by atoms with Gasteiger partial charge in [-0.3, -0.25) is 14.4 Å². The molecule has 170 valence electrons. The zero-order valence-corrected chi connectivity index (χ0v) is 17.4. The van der Waals surface area contributed by atoms with Gasteiger partial charge in [0.15, 0.2) is 6.61 Å². The third kappa shape index (κ3) is 6.19. The molecular weight excluding hydrogens is 451 g/mol. The van der Waals surface area contributed by atoms with E-state index in [1.54, 1.807) is 6.07 Å². The minimum absolute atomic E-state index is 0.145. The first-order valence-electron chi connectivity index (χ1n) is 9.68. The van der Waals surface area contributed by atoms with Crippen LogP contribution in [0.1, 0.15) is 28.8 Å². The fraction of sp³-hybridized carbons (Fsp3) is 0.333. The normalized spacial score (nSPS) is 14.7. The molecule has 2 amide bonds. The molecule has 0 bridgehead atoms. The number of rotatable bonds is 5. The maximum atomic E-state index is 12.7. The standard InChI is InChI=1S/C21H19ClF3N3O4/c22-16-5-6-17(26-11-16)27-18(29)12-32-20(31)14-7-9-28(10-8-14)19(30)13-1-3-15(4-2-13)21(23,24)25/h1-6,11,14H,7-10,12H2,(H,26,27,29). The van der Waals surface area contributed by atoms with Crippen molar-refractivity contribution in [1.29, 1.82) is 0 Å². The summed E-state index contributed by atoms with van der Waals surface area (Å²) in [4.78, 5) is 42.0. The molecule has 0 radical (unpaired) electrons. The largest absolute Gasteiger partial charge is 0.455 e. The highest BCUT2D eigenvalue weighted by molar-refractivity contribution is 6.30. The maximum Gasteiger partial charge on any atom is 0.416 e. The van der Waals surface area contributed by atoms with Crippen molar-refractivity contribution in [2.24, 2.45) is 5.92 Å². The van der Waals surface area contributed by atoms with E-state index in [0.29, 0.717) is 17.9 Å². The fourth-order valence-electron chi connectivity index (χ4n) is 3.19. The van der Waals surface area contributed by atoms with Crippen LogP contribution in [0.2, 0.25) is 5.02 Å². The molecule has 0 aliphatic carbocycles. The Labute approximate surface area is 186 Å². The Bertz CT molecular complexity index is 973. The Balaban J connectivity index is 1.44. The molecule has 1 saturated heterocycles. The Hall–Kier alpha value is -3.14. The molecule has 1 aromatic heterocycles. The number of nitrogens with one attached hydrogen (secondary N) is 1. The molecule has 32 heavy (non-hydrogen) atoms. The molecule has 2 heterocycles. The zero-order chi connectivity index (χ0) is 23.3. The number of piperidine rings is 1. The Morgan fingerprint density at radius 3 is 2.31 bits per heavy atom. The second-order valence-corrected chi connectivity index (χ2v) is 7.60. The average molecular weight is 470 g/mol. The summed E-state index contributed by atoms with van der Waals surface area (Å²) in [6.45, 7) is 0.0227. The number of likely N-dealkylation sites (tertiary alicyclic amines) is 1. The number of carbonyl (C=O) groups is 3. The van der Waals surface area contributed by atoms with Gasteiger partial charge in [0.1, 0.15) is 5.82 Å². The van der Waals surface area contributed by atoms with Crippen molar-refractivity contribution in [3.8, 4) is 0 Å². The van der Waals surface area contributed by atoms with Gasteiger partial charge in [0.2, 0.25) is 0 Å². The number of pyridine rings is 1. The van der Waals surface area contributed by atoms with Crippen LogP contribution < -0.4 is 5.32 Å². The summed E-state index contributed by atoms with van der Waals surface area (Å²) in [5.74, 6) is -1.71. The SMILES string of the molecule is O=C(COC(=O)C1CCN(C(=O)c2ccc(C(F)(F)F)cc2)CC1)Nc1ccc(Cl)cn1. The van der Waals surface area contributed by atoms with Crippen LogP contribution in [0.15, 0.2) is 42.6 Å². The number of anilines is 1. The smallest absolute Gasteiger partial charge is 0.416 e. The van der Waals surface area contributed by atoms with E-state index in [1.807, 2.05) is 0 Å². The van der Waals surface area contributed by atoms with Crippen LogP contribution in [0, 0.1) is 5.92 Å². The van der Waals surface area contributed by atoms with Gasteiger partial charge >= 0.3 is 12.1 Å². The molecule has 1 aliphatic rings. The number of esters is 1. The number of alkyl halides is 3. The quantitative estimate of drug-likeness (QED) is 0.673. The lowest BCUT2D eigenvalue weighted by Gasteiger charge is -2.31. The van der Waals surface area contributed by atoms with Crippen molar-refractivity contribution in [2.45, 2.75) is 19.0 Å². The molecule has 1 fully saturated rings. The molecule has 7 nitrogen and oxygen atoms in total. The topological polar surface area (TPSA) is 88.6 Å². The summed E-state index contributed by atoms with van der Waals surface area (Å²) < 4.78 is 43.0. The monoisotopic (exact) mass is 469 g/mol. The van der Waals surface area contributed by atoms with E-state index in [0.717, 1.165) is 24.3 Å². The van der Waals surface area contributed by atoms with E-state index in [-0.39, 0.29) is 24.5 Å². The molecular formula is C21H19ClF3N3O4. The van der Waals surface area contributed by atoms with E-state index in [4.69, 9.17) is 16.3 Å². The summed E-state index contributed by atoms with van der Waals surface area (Å²) in [7, 11) is 0. The van der Waals surface area contributed by atoms with E-state index in [1.165, 1.54) is 17.2 Å². The van der Waals surface area contributed by atoms with Gasteiger partial charge < -0.3 is 15.0 Å². The zero-order valence-electron chi connectivity index (χ0n) is 16.7. The number of benzene rings is 1. The van der Waals surface area contributed by atoms with Crippen LogP contribution in [0.25, 0.3) is 0 Å². The van der Waals surface area contributed by atoms with Crippen LogP contribution in [-0.4, -0.2) is 47.4 Å². The first kappa shape index (κ1) is 23.5. The van der Waals surface area contributed by atoms with Gasteiger partial charge in [0.05, 0.1) is 16.5 Å². The lowest BCUT2D eigenvalue weighted by Crippen LogP contribution is -2.41. The number of hydrogen-bond acceptors (Lipinski definition) is 5. The fourth-order valence-corrected chi connectivity index (χ4v) is 3.30. The third-order valence-corrected chi connectivity index (χ3v) is 5.14. The molecule has 2 aromatic rings. The minimum Gasteiger partial charge on any atom is -0.455 e. The Kier molecular flexibility index (Phi) is 7.34. The van der Waals surface area contributed by atoms with Gasteiger partial charge in [0.25, 0.3) is 11.8 Å². The van der Waals surface area contributed by atoms with Crippen molar-refractivity contribution in [1.82, 2.24) is 9.88 Å². The summed E-state index contributed by atoms with van der Waals surface area (Å²) >= 11 is 5.71. The van der Waals surface area contributed by atoms with E-state index < -0.39 is 42.0 Å². The number of amides is 2. The van der Waals surface area contributed by atoms with Crippen molar-refractivity contribution >= 4 is 35.2 Å². The Morgan fingerprint density at radius 1 is 1.09 bits per heavy atom. The van der Waals surface area contributed by atoms with E-state index in [2.05, 4.69) is 10.3 Å². The summed E-state index contributed by atoms with van der Waals surface area (Å²) in [6.07, 6.45) is -2.46. The summed E-state index contributed by atoms with van der Waals surface area (Å²) in [5, 5.41) is 2.89. The number of hydrogen-bond donors (Lipinski definition) is 1. The van der Waals surface area contributed by atoms with Crippen LogP contribution >= 0.6 is 11.6 Å². The number of nitrogens with zero attached hydrogens (tertiary/aromatic N) is 2. The summed E-state index contributed by atoms with van der Waals surface area (Å²) in [6, 6.07) is 7.06. The van der Waals surface area contributed by atoms with E-state index in [9.17, 15) is 27.6 Å². The minimum atomic E-state index is -4.47. The molecule has 0 atom stereocenters. The predicted molar refractivity (Wildman–Crippen MR) is 109 cm³/mol. The molecule has 1 aliphatic heterocycles. The molecule has 3 rings (SSSR count). The molecule has 1 N–H and O–H groups in total. The van der Waals surface area contributed by atoms with Gasteiger partial charge in [-0.15, -0.1) is 0 Å². The van der Waals surface area contributed by atoms with Crippen LogP contribution in [0.4, 0.5) is 19.0 Å². The second-order valence-electron chi connectivity index (χ2n) is 7.16. The van der Waals surface area contributed by atoms with E-state index >= 15 is 0 Å². The van der Waals surface area contributed by atoms with Crippen LogP contribution in [0.5, 0.6) is 0 Å². The average Bonchev–Trinajstić information content (AvgIpc) is 2.78. The van der Waals surface area contributed by atoms with Gasteiger partial charge in [-0.2, -0.15) is 13.2 Å². The highest BCUT2D eigenvalue weighted by Gasteiger charge is 2.32. The van der Waals surface area contributed by atoms with Gasteiger partial charge in [-0.05, 0) is 49.2 Å². The molecule has 11 heteroatoms. The highest BCUT2D eigenvalue weighted by atomic mass is 35.5. The van der Waals surface area contributed by atoms with Crippen LogP contribution in [-0.2, 0) is 20.5 Å². The van der Waals surface area contributed by atoms with Crippen molar-refractivity contribution in [2.75, 3.05) is 25.0 Å². The number of aromatic nitrogens is 1. The van der Waals surface area contributed by atoms with Crippen molar-refractivity contribution < 1.29 is 32.3 Å². The number of carbonyl (C=O) groups excluding carboxylic acids is 3. The molecule has 0 unspecified atom stereocenters. The highest BCUT2D eigenvalue weighted by Crippen LogP contribution is 2.29. The van der Waals surface area contributed by atoms with Crippen molar-refractivity contribution in [3.63, 3.8) is 0 Å². The Morgan fingerprint density at radius 2 is 1.75 bits per heavy atom. The summed E-state index contributed by atoms with van der Waals surface area (Å²) in [5.41, 5.74) is -0.683. The predicted octanol–water partition coefficient (Wildman–Crippen LogP) is 3.79. The molecule has 0 spiro atoms. The number of ether oxygens (including phenoxy) is 1. The first-order chi connectivity index (χ1) is 15.1. The van der Waals surface area contributed by atoms with Crippen molar-refractivity contribution in [3.05, 3.63) is 58.7 Å². The third-order valence-electron chi connectivity index (χ3n) is 4.92. The lowest BCUT2D eigenvalue weighted by atomic mass is 9.96. The van der Waals surface area contributed by atoms with Crippen LogP contribution in [0.3, 0.4) is 0 Å². The first-order valence-corrected chi connectivity index (χ1v) is 10.1. The van der Waals surface area contributed by atoms with Gasteiger partial charge in [0, 0.05) is 24.8 Å². The second kappa shape index (κ2) is 9.99. The number of halogens is 4. The lowest BCUT2D eigenvalue weighted by molar-refractivity contribution is -0.152.